The van der Waals surface area contributed by atoms with Crippen LogP contribution in [-0.2, 0) is 0 Å². The summed E-state index contributed by atoms with van der Waals surface area (Å²) in [6, 6.07) is 31.1. The van der Waals surface area contributed by atoms with Crippen LogP contribution in [0.25, 0.3) is 33.4 Å². The molecule has 0 aliphatic carbocycles. The van der Waals surface area contributed by atoms with Gasteiger partial charge in [0.25, 0.3) is 0 Å². The highest BCUT2D eigenvalue weighted by Crippen LogP contribution is 2.29. The van der Waals surface area contributed by atoms with Crippen LogP contribution >= 0.6 is 0 Å². The van der Waals surface area contributed by atoms with Crippen LogP contribution in [0.5, 0.6) is 0 Å². The summed E-state index contributed by atoms with van der Waals surface area (Å²) in [6.07, 6.45) is 0. The van der Waals surface area contributed by atoms with E-state index in [2.05, 4.69) is 113 Å². The third-order valence-electron chi connectivity index (χ3n) is 5.78. The number of rotatable bonds is 3. The smallest absolute Gasteiger partial charge is 0.0181 e. The van der Waals surface area contributed by atoms with E-state index >= 15 is 0 Å². The maximum Gasteiger partial charge on any atom is -0.0181 e. The summed E-state index contributed by atoms with van der Waals surface area (Å²) >= 11 is 0. The van der Waals surface area contributed by atoms with Gasteiger partial charge in [-0.3, -0.25) is 0 Å². The highest BCUT2D eigenvalue weighted by molar-refractivity contribution is 5.73. The van der Waals surface area contributed by atoms with Crippen LogP contribution < -0.4 is 0 Å². The predicted molar refractivity (Wildman–Crippen MR) is 122 cm³/mol. The van der Waals surface area contributed by atoms with Gasteiger partial charge in [-0.2, -0.15) is 0 Å². The van der Waals surface area contributed by atoms with Crippen molar-refractivity contribution < 1.29 is 0 Å². The Morgan fingerprint density at radius 2 is 0.536 bits per heavy atom. The van der Waals surface area contributed by atoms with Gasteiger partial charge in [-0.15, -0.1) is 0 Å². The molecule has 0 spiro atoms. The van der Waals surface area contributed by atoms with E-state index in [0.717, 1.165) is 0 Å². The molecule has 0 amide bonds. The Morgan fingerprint density at radius 1 is 0.286 bits per heavy atom. The fraction of sp³-hybridized carbons (Fsp3) is 0.143. The number of aryl methyl sites for hydroxylation is 4. The van der Waals surface area contributed by atoms with E-state index in [4.69, 9.17) is 0 Å². The van der Waals surface area contributed by atoms with Gasteiger partial charge in [0.15, 0.2) is 0 Å². The summed E-state index contributed by atoms with van der Waals surface area (Å²) in [5, 5.41) is 0. The summed E-state index contributed by atoms with van der Waals surface area (Å²) in [5.74, 6) is 0. The third-order valence-corrected chi connectivity index (χ3v) is 5.78. The molecule has 0 aliphatic heterocycles. The van der Waals surface area contributed by atoms with Crippen molar-refractivity contribution in [1.82, 2.24) is 0 Å². The molecule has 0 atom stereocenters. The first-order valence-corrected chi connectivity index (χ1v) is 9.87. The topological polar surface area (TPSA) is 0 Å². The van der Waals surface area contributed by atoms with E-state index in [-0.39, 0.29) is 0 Å². The molecule has 0 nitrogen and oxygen atoms in total. The number of hydrogen-bond donors (Lipinski definition) is 0. The molecular weight excluding hydrogens is 336 g/mol. The van der Waals surface area contributed by atoms with Crippen LogP contribution in [0.2, 0.25) is 0 Å². The fourth-order valence-electron chi connectivity index (χ4n) is 3.55. The zero-order valence-electron chi connectivity index (χ0n) is 17.1. The second-order valence-corrected chi connectivity index (χ2v) is 7.75. The molecule has 0 radical (unpaired) electrons. The molecule has 0 N–H and O–H groups in total. The second kappa shape index (κ2) is 7.48. The second-order valence-electron chi connectivity index (χ2n) is 7.75. The van der Waals surface area contributed by atoms with Crippen LogP contribution in [0.1, 0.15) is 22.3 Å². The lowest BCUT2D eigenvalue weighted by atomic mass is 9.96. The fourth-order valence-corrected chi connectivity index (χ4v) is 3.55. The summed E-state index contributed by atoms with van der Waals surface area (Å²) in [4.78, 5) is 0. The molecular formula is C28H26. The van der Waals surface area contributed by atoms with Crippen molar-refractivity contribution in [1.29, 1.82) is 0 Å². The van der Waals surface area contributed by atoms with Crippen molar-refractivity contribution in [2.75, 3.05) is 0 Å². The van der Waals surface area contributed by atoms with Crippen molar-refractivity contribution in [3.8, 4) is 33.4 Å². The van der Waals surface area contributed by atoms with Crippen LogP contribution in [0.4, 0.5) is 0 Å². The van der Waals surface area contributed by atoms with E-state index in [1.807, 2.05) is 0 Å². The monoisotopic (exact) mass is 362 g/mol. The average Bonchev–Trinajstić information content (AvgIpc) is 2.72. The van der Waals surface area contributed by atoms with Crippen molar-refractivity contribution in [3.63, 3.8) is 0 Å². The quantitative estimate of drug-likeness (QED) is 0.347. The highest BCUT2D eigenvalue weighted by atomic mass is 14.1. The molecule has 0 bridgehead atoms. The molecule has 0 heterocycles. The van der Waals surface area contributed by atoms with Crippen LogP contribution in [0.15, 0.2) is 84.9 Å². The molecule has 0 saturated heterocycles. The van der Waals surface area contributed by atoms with E-state index in [1.54, 1.807) is 0 Å². The maximum atomic E-state index is 2.27. The first kappa shape index (κ1) is 18.3. The molecule has 4 aromatic carbocycles. The van der Waals surface area contributed by atoms with E-state index < -0.39 is 0 Å². The summed E-state index contributed by atoms with van der Waals surface area (Å²) in [7, 11) is 0. The third kappa shape index (κ3) is 3.64. The molecule has 28 heavy (non-hydrogen) atoms. The largest absolute Gasteiger partial charge is 0.0584 e. The Hall–Kier alpha value is -3.12. The van der Waals surface area contributed by atoms with Gasteiger partial charge in [0.1, 0.15) is 0 Å². The Labute approximate surface area is 168 Å². The highest BCUT2D eigenvalue weighted by Gasteiger charge is 2.04. The van der Waals surface area contributed by atoms with E-state index in [1.165, 1.54) is 55.6 Å². The van der Waals surface area contributed by atoms with E-state index in [9.17, 15) is 0 Å². The Morgan fingerprint density at radius 3 is 0.821 bits per heavy atom. The maximum absolute atomic E-state index is 2.27. The van der Waals surface area contributed by atoms with Crippen molar-refractivity contribution in [2.24, 2.45) is 0 Å². The lowest BCUT2D eigenvalue weighted by Gasteiger charge is -2.09. The normalized spacial score (nSPS) is 10.9. The minimum Gasteiger partial charge on any atom is -0.0584 e. The minimum atomic E-state index is 1.25. The van der Waals surface area contributed by atoms with Crippen LogP contribution in [-0.4, -0.2) is 0 Å². The van der Waals surface area contributed by atoms with E-state index in [0.29, 0.717) is 0 Å². The summed E-state index contributed by atoms with van der Waals surface area (Å²) < 4.78 is 0. The zero-order chi connectivity index (χ0) is 19.7. The average molecular weight is 363 g/mol. The van der Waals surface area contributed by atoms with Crippen LogP contribution in [0, 0.1) is 27.7 Å². The number of benzene rings is 4. The van der Waals surface area contributed by atoms with Gasteiger partial charge in [-0.05, 0) is 83.3 Å². The van der Waals surface area contributed by atoms with Gasteiger partial charge < -0.3 is 0 Å². The molecule has 4 rings (SSSR count). The lowest BCUT2D eigenvalue weighted by Crippen LogP contribution is -1.85. The molecule has 138 valence electrons. The first-order valence-electron chi connectivity index (χ1n) is 9.87. The van der Waals surface area contributed by atoms with Gasteiger partial charge in [-0.1, -0.05) is 84.9 Å². The number of hydrogen-bond acceptors (Lipinski definition) is 0. The van der Waals surface area contributed by atoms with Gasteiger partial charge >= 0.3 is 0 Å². The van der Waals surface area contributed by atoms with Gasteiger partial charge in [0.2, 0.25) is 0 Å². The Kier molecular flexibility index (Phi) is 4.88. The molecule has 0 unspecified atom stereocenters. The standard InChI is InChI=1S/C28H26/c1-19-5-7-27(17-21(19)3)25-13-9-23(10-14-25)24-11-15-26(16-12-24)28-8-6-20(2)22(4)18-28/h5-18H,1-4H3. The molecule has 0 aliphatic rings. The lowest BCUT2D eigenvalue weighted by molar-refractivity contribution is 1.34. The van der Waals surface area contributed by atoms with Crippen molar-refractivity contribution in [2.45, 2.75) is 27.7 Å². The minimum absolute atomic E-state index is 1.25. The molecule has 0 aromatic heterocycles. The van der Waals surface area contributed by atoms with Gasteiger partial charge in [-0.25, -0.2) is 0 Å². The Bertz CT molecular complexity index is 1020. The SMILES string of the molecule is Cc1ccc(-c2ccc(-c3ccc(-c4ccc(C)c(C)c4)cc3)cc2)cc1C. The van der Waals surface area contributed by atoms with Crippen LogP contribution in [0.3, 0.4) is 0 Å². The summed E-state index contributed by atoms with van der Waals surface area (Å²) in [6.45, 7) is 8.65. The van der Waals surface area contributed by atoms with Gasteiger partial charge in [0, 0.05) is 0 Å². The molecule has 0 heteroatoms. The molecule has 0 saturated carbocycles. The summed E-state index contributed by atoms with van der Waals surface area (Å²) in [5.41, 5.74) is 12.9. The Balaban J connectivity index is 1.59. The zero-order valence-corrected chi connectivity index (χ0v) is 17.1. The van der Waals surface area contributed by atoms with Crippen molar-refractivity contribution in [3.05, 3.63) is 107 Å². The first-order chi connectivity index (χ1) is 13.5. The van der Waals surface area contributed by atoms with Gasteiger partial charge in [0.05, 0.1) is 0 Å². The molecule has 0 fully saturated rings. The predicted octanol–water partition coefficient (Wildman–Crippen LogP) is 7.92. The van der Waals surface area contributed by atoms with Crippen molar-refractivity contribution >= 4 is 0 Å². The molecule has 4 aromatic rings.